The molecule has 0 saturated heterocycles. The highest BCUT2D eigenvalue weighted by Gasteiger charge is 2.09. The zero-order valence-corrected chi connectivity index (χ0v) is 11.2. The summed E-state index contributed by atoms with van der Waals surface area (Å²) < 4.78 is 0. The Balaban J connectivity index is 2.25. The minimum atomic E-state index is -0.301. The predicted octanol–water partition coefficient (Wildman–Crippen LogP) is 3.07. The van der Waals surface area contributed by atoms with Gasteiger partial charge in [-0.2, -0.15) is 0 Å². The maximum absolute atomic E-state index is 12.1. The van der Waals surface area contributed by atoms with Crippen molar-refractivity contribution in [2.45, 2.75) is 6.92 Å². The van der Waals surface area contributed by atoms with Gasteiger partial charge in [0.1, 0.15) is 0 Å². The van der Waals surface area contributed by atoms with Crippen LogP contribution in [0.4, 0.5) is 17.1 Å². The molecule has 0 fully saturated rings. The molecule has 2 aromatic rings. The summed E-state index contributed by atoms with van der Waals surface area (Å²) in [6.45, 7) is 1.93. The summed E-state index contributed by atoms with van der Waals surface area (Å²) in [4.78, 5) is 12.1. The molecule has 1 amide bonds. The summed E-state index contributed by atoms with van der Waals surface area (Å²) >= 11 is 6.06. The predicted molar refractivity (Wildman–Crippen MR) is 79.4 cm³/mol. The number of halogens is 1. The van der Waals surface area contributed by atoms with Gasteiger partial charge >= 0.3 is 0 Å². The van der Waals surface area contributed by atoms with E-state index >= 15 is 0 Å². The summed E-state index contributed by atoms with van der Waals surface area (Å²) in [6, 6.07) is 10.1. The van der Waals surface area contributed by atoms with Crippen LogP contribution in [0.3, 0.4) is 0 Å². The minimum Gasteiger partial charge on any atom is -0.399 e. The van der Waals surface area contributed by atoms with Crippen LogP contribution in [-0.4, -0.2) is 5.91 Å². The van der Waals surface area contributed by atoms with Gasteiger partial charge in [0.25, 0.3) is 5.91 Å². The molecule has 0 aliphatic rings. The van der Waals surface area contributed by atoms with E-state index in [1.807, 2.05) is 13.0 Å². The molecule has 0 aromatic heterocycles. The first-order chi connectivity index (χ1) is 8.95. The number of nitrogens with two attached hydrogens (primary N) is 2. The standard InChI is InChI=1S/C14H14ClN3O/c1-8-2-3-13(12(15)4-8)18-14(19)9-5-10(16)7-11(17)6-9/h2-7H,16-17H2,1H3,(H,18,19). The van der Waals surface area contributed by atoms with Crippen molar-refractivity contribution >= 4 is 34.6 Å². The zero-order valence-electron chi connectivity index (χ0n) is 10.4. The first kappa shape index (κ1) is 13.2. The number of nitrogen functional groups attached to an aromatic ring is 2. The number of nitrogens with one attached hydrogen (secondary N) is 1. The number of carbonyl (C=O) groups is 1. The van der Waals surface area contributed by atoms with E-state index in [1.54, 1.807) is 30.3 Å². The van der Waals surface area contributed by atoms with E-state index < -0.39 is 0 Å². The number of hydrogen-bond donors (Lipinski definition) is 3. The summed E-state index contributed by atoms with van der Waals surface area (Å²) in [7, 11) is 0. The van der Waals surface area contributed by atoms with Gasteiger partial charge in [-0.3, -0.25) is 4.79 Å². The quantitative estimate of drug-likeness (QED) is 0.737. The molecule has 0 aliphatic heterocycles. The number of benzene rings is 2. The molecule has 2 aromatic carbocycles. The molecule has 98 valence electrons. The van der Waals surface area contributed by atoms with Crippen molar-refractivity contribution in [2.75, 3.05) is 16.8 Å². The van der Waals surface area contributed by atoms with Crippen LogP contribution in [0, 0.1) is 6.92 Å². The van der Waals surface area contributed by atoms with E-state index in [-0.39, 0.29) is 5.91 Å². The molecule has 0 radical (unpaired) electrons. The molecular formula is C14H14ClN3O. The molecular weight excluding hydrogens is 262 g/mol. The molecule has 2 rings (SSSR count). The van der Waals surface area contributed by atoms with Crippen LogP contribution in [0.1, 0.15) is 15.9 Å². The number of anilines is 3. The SMILES string of the molecule is Cc1ccc(NC(=O)c2cc(N)cc(N)c2)c(Cl)c1. The van der Waals surface area contributed by atoms with E-state index in [2.05, 4.69) is 5.32 Å². The van der Waals surface area contributed by atoms with Crippen molar-refractivity contribution in [3.8, 4) is 0 Å². The lowest BCUT2D eigenvalue weighted by Gasteiger charge is -2.09. The van der Waals surface area contributed by atoms with E-state index in [4.69, 9.17) is 23.1 Å². The molecule has 5 N–H and O–H groups in total. The molecule has 19 heavy (non-hydrogen) atoms. The Hall–Kier alpha value is -2.20. The van der Waals surface area contributed by atoms with Crippen LogP contribution in [-0.2, 0) is 0 Å². The number of hydrogen-bond acceptors (Lipinski definition) is 3. The molecule has 0 bridgehead atoms. The highest BCUT2D eigenvalue weighted by Crippen LogP contribution is 2.24. The first-order valence-electron chi connectivity index (χ1n) is 5.69. The molecule has 5 heteroatoms. The van der Waals surface area contributed by atoms with Crippen molar-refractivity contribution in [3.63, 3.8) is 0 Å². The fourth-order valence-corrected chi connectivity index (χ4v) is 2.01. The van der Waals surface area contributed by atoms with Gasteiger partial charge in [-0.1, -0.05) is 17.7 Å². The zero-order chi connectivity index (χ0) is 14.0. The van der Waals surface area contributed by atoms with E-state index in [1.165, 1.54) is 0 Å². The second-order valence-electron chi connectivity index (χ2n) is 4.33. The largest absolute Gasteiger partial charge is 0.399 e. The third kappa shape index (κ3) is 3.17. The van der Waals surface area contributed by atoms with Gasteiger partial charge < -0.3 is 16.8 Å². The fraction of sp³-hybridized carbons (Fsp3) is 0.0714. The van der Waals surface area contributed by atoms with Gasteiger partial charge in [-0.15, -0.1) is 0 Å². The Kier molecular flexibility index (Phi) is 3.62. The van der Waals surface area contributed by atoms with Gasteiger partial charge in [0.05, 0.1) is 10.7 Å². The third-order valence-electron chi connectivity index (χ3n) is 2.61. The van der Waals surface area contributed by atoms with Crippen LogP contribution in [0.2, 0.25) is 5.02 Å². The summed E-state index contributed by atoms with van der Waals surface area (Å²) in [6.07, 6.45) is 0. The van der Waals surface area contributed by atoms with E-state index in [0.717, 1.165) is 5.56 Å². The lowest BCUT2D eigenvalue weighted by Crippen LogP contribution is -2.13. The van der Waals surface area contributed by atoms with Crippen molar-refractivity contribution in [1.29, 1.82) is 0 Å². The van der Waals surface area contributed by atoms with Crippen LogP contribution in [0.15, 0.2) is 36.4 Å². The van der Waals surface area contributed by atoms with Crippen molar-refractivity contribution in [1.82, 2.24) is 0 Å². The molecule has 0 unspecified atom stereocenters. The van der Waals surface area contributed by atoms with Crippen molar-refractivity contribution in [3.05, 3.63) is 52.5 Å². The Bertz CT molecular complexity index is 620. The minimum absolute atomic E-state index is 0.301. The first-order valence-corrected chi connectivity index (χ1v) is 6.07. The van der Waals surface area contributed by atoms with Gasteiger partial charge in [0.15, 0.2) is 0 Å². The Morgan fingerprint density at radius 3 is 2.32 bits per heavy atom. The van der Waals surface area contributed by atoms with Gasteiger partial charge in [-0.25, -0.2) is 0 Å². The maximum Gasteiger partial charge on any atom is 0.255 e. The molecule has 4 nitrogen and oxygen atoms in total. The number of amides is 1. The molecule has 0 heterocycles. The Labute approximate surface area is 116 Å². The summed E-state index contributed by atoms with van der Waals surface area (Å²) in [5.41, 5.74) is 14.2. The topological polar surface area (TPSA) is 81.1 Å². The highest BCUT2D eigenvalue weighted by molar-refractivity contribution is 6.34. The lowest BCUT2D eigenvalue weighted by molar-refractivity contribution is 0.102. The summed E-state index contributed by atoms with van der Waals surface area (Å²) in [5, 5.41) is 3.22. The normalized spacial score (nSPS) is 10.2. The van der Waals surface area contributed by atoms with Gasteiger partial charge in [0.2, 0.25) is 0 Å². The van der Waals surface area contributed by atoms with E-state index in [9.17, 15) is 4.79 Å². The highest BCUT2D eigenvalue weighted by atomic mass is 35.5. The number of rotatable bonds is 2. The molecule has 0 spiro atoms. The molecule has 0 saturated carbocycles. The van der Waals surface area contributed by atoms with E-state index in [0.29, 0.717) is 27.6 Å². The average Bonchev–Trinajstić information content (AvgIpc) is 2.31. The third-order valence-corrected chi connectivity index (χ3v) is 2.93. The van der Waals surface area contributed by atoms with Crippen molar-refractivity contribution < 1.29 is 4.79 Å². The molecule has 0 aliphatic carbocycles. The lowest BCUT2D eigenvalue weighted by atomic mass is 10.1. The summed E-state index contributed by atoms with van der Waals surface area (Å²) in [5.74, 6) is -0.301. The Morgan fingerprint density at radius 2 is 1.74 bits per heavy atom. The smallest absolute Gasteiger partial charge is 0.255 e. The number of aryl methyl sites for hydroxylation is 1. The second-order valence-corrected chi connectivity index (χ2v) is 4.73. The van der Waals surface area contributed by atoms with Crippen LogP contribution >= 0.6 is 11.6 Å². The van der Waals surface area contributed by atoms with Crippen molar-refractivity contribution in [2.24, 2.45) is 0 Å². The average molecular weight is 276 g/mol. The maximum atomic E-state index is 12.1. The van der Waals surface area contributed by atoms with Gasteiger partial charge in [-0.05, 0) is 42.8 Å². The second kappa shape index (κ2) is 5.20. The van der Waals surface area contributed by atoms with Gasteiger partial charge in [0, 0.05) is 16.9 Å². The van der Waals surface area contributed by atoms with Crippen LogP contribution < -0.4 is 16.8 Å². The van der Waals surface area contributed by atoms with Crippen LogP contribution in [0.5, 0.6) is 0 Å². The monoisotopic (exact) mass is 275 g/mol. The van der Waals surface area contributed by atoms with Crippen LogP contribution in [0.25, 0.3) is 0 Å². The Morgan fingerprint density at radius 1 is 1.11 bits per heavy atom. The fourth-order valence-electron chi connectivity index (χ4n) is 1.72. The number of carbonyl (C=O) groups excluding carboxylic acids is 1. The molecule has 0 atom stereocenters.